The van der Waals surface area contributed by atoms with Crippen LogP contribution in [0.3, 0.4) is 0 Å². The van der Waals surface area contributed by atoms with Crippen LogP contribution >= 0.6 is 0 Å². The number of carbonyl (C=O) groups excluding carboxylic acids is 1. The number of likely N-dealkylation sites (tertiary alicyclic amines) is 1. The van der Waals surface area contributed by atoms with Crippen molar-refractivity contribution in [2.75, 3.05) is 13.1 Å². The molecular formula is C13H16N2O2. The number of aliphatic hydroxyl groups is 1. The summed E-state index contributed by atoms with van der Waals surface area (Å²) in [5.41, 5.74) is 0.963. The SMILES string of the molecule is O=C(/C=C/c1ccncc1)N1CCC(O)CC1. The van der Waals surface area contributed by atoms with E-state index in [4.69, 9.17) is 0 Å². The molecule has 90 valence electrons. The molecule has 1 fully saturated rings. The van der Waals surface area contributed by atoms with Gasteiger partial charge in [0.05, 0.1) is 6.10 Å². The number of hydrogen-bond acceptors (Lipinski definition) is 3. The second kappa shape index (κ2) is 5.59. The zero-order chi connectivity index (χ0) is 12.1. The lowest BCUT2D eigenvalue weighted by atomic mass is 10.1. The Kier molecular flexibility index (Phi) is 3.88. The topological polar surface area (TPSA) is 53.4 Å². The van der Waals surface area contributed by atoms with Crippen molar-refractivity contribution in [3.05, 3.63) is 36.2 Å². The van der Waals surface area contributed by atoms with Gasteiger partial charge in [-0.05, 0) is 36.6 Å². The number of pyridine rings is 1. The summed E-state index contributed by atoms with van der Waals surface area (Å²) < 4.78 is 0. The molecule has 0 radical (unpaired) electrons. The highest BCUT2D eigenvalue weighted by molar-refractivity contribution is 5.91. The molecule has 0 aliphatic carbocycles. The van der Waals surface area contributed by atoms with Crippen molar-refractivity contribution in [1.29, 1.82) is 0 Å². The molecule has 0 spiro atoms. The standard InChI is InChI=1S/C13H16N2O2/c16-12-5-9-15(10-6-12)13(17)2-1-11-3-7-14-8-4-11/h1-4,7-8,12,16H,5-6,9-10H2/b2-1+. The predicted molar refractivity (Wildman–Crippen MR) is 65.1 cm³/mol. The molecular weight excluding hydrogens is 216 g/mol. The van der Waals surface area contributed by atoms with Gasteiger partial charge in [0.1, 0.15) is 0 Å². The van der Waals surface area contributed by atoms with E-state index in [2.05, 4.69) is 4.98 Å². The van der Waals surface area contributed by atoms with Crippen LogP contribution in [0.1, 0.15) is 18.4 Å². The van der Waals surface area contributed by atoms with Crippen LogP contribution in [0.2, 0.25) is 0 Å². The molecule has 17 heavy (non-hydrogen) atoms. The van der Waals surface area contributed by atoms with Gasteiger partial charge in [-0.3, -0.25) is 9.78 Å². The Morgan fingerprint density at radius 1 is 1.35 bits per heavy atom. The summed E-state index contributed by atoms with van der Waals surface area (Å²) in [5.74, 6) is 0.00807. The van der Waals surface area contributed by atoms with Crippen LogP contribution in [0.5, 0.6) is 0 Å². The molecule has 0 atom stereocenters. The molecule has 1 amide bonds. The van der Waals surface area contributed by atoms with Gasteiger partial charge in [-0.15, -0.1) is 0 Å². The van der Waals surface area contributed by atoms with E-state index >= 15 is 0 Å². The Labute approximate surface area is 101 Å². The third-order valence-electron chi connectivity index (χ3n) is 2.90. The van der Waals surface area contributed by atoms with Crippen LogP contribution in [-0.4, -0.2) is 40.1 Å². The molecule has 4 nitrogen and oxygen atoms in total. The maximum absolute atomic E-state index is 11.8. The lowest BCUT2D eigenvalue weighted by Gasteiger charge is -2.28. The second-order valence-corrected chi connectivity index (χ2v) is 4.17. The van der Waals surface area contributed by atoms with Gasteiger partial charge in [0.25, 0.3) is 0 Å². The van der Waals surface area contributed by atoms with Crippen molar-refractivity contribution in [3.63, 3.8) is 0 Å². The zero-order valence-corrected chi connectivity index (χ0v) is 9.62. The van der Waals surface area contributed by atoms with E-state index < -0.39 is 0 Å². The first-order valence-corrected chi connectivity index (χ1v) is 5.81. The van der Waals surface area contributed by atoms with Gasteiger partial charge in [-0.1, -0.05) is 0 Å². The molecule has 1 aliphatic rings. The molecule has 2 rings (SSSR count). The van der Waals surface area contributed by atoms with Crippen molar-refractivity contribution in [1.82, 2.24) is 9.88 Å². The van der Waals surface area contributed by atoms with Crippen LogP contribution in [0.25, 0.3) is 6.08 Å². The molecule has 0 aromatic carbocycles. The first kappa shape index (κ1) is 11.8. The third-order valence-corrected chi connectivity index (χ3v) is 2.90. The number of carbonyl (C=O) groups is 1. The lowest BCUT2D eigenvalue weighted by molar-refractivity contribution is -0.127. The highest BCUT2D eigenvalue weighted by Crippen LogP contribution is 2.10. The second-order valence-electron chi connectivity index (χ2n) is 4.17. The molecule has 1 aromatic rings. The van der Waals surface area contributed by atoms with Crippen molar-refractivity contribution in [3.8, 4) is 0 Å². The van der Waals surface area contributed by atoms with E-state index in [1.165, 1.54) is 0 Å². The molecule has 0 unspecified atom stereocenters. The Morgan fingerprint density at radius 3 is 2.65 bits per heavy atom. The summed E-state index contributed by atoms with van der Waals surface area (Å²) in [5, 5.41) is 9.35. The van der Waals surface area contributed by atoms with E-state index in [1.54, 1.807) is 29.4 Å². The molecule has 4 heteroatoms. The van der Waals surface area contributed by atoms with E-state index in [0.717, 1.165) is 5.56 Å². The van der Waals surface area contributed by atoms with E-state index in [1.807, 2.05) is 12.1 Å². The average molecular weight is 232 g/mol. The molecule has 1 N–H and O–H groups in total. The number of piperidine rings is 1. The Morgan fingerprint density at radius 2 is 2.00 bits per heavy atom. The zero-order valence-electron chi connectivity index (χ0n) is 9.62. The normalized spacial score (nSPS) is 17.6. The number of nitrogens with zero attached hydrogens (tertiary/aromatic N) is 2. The van der Waals surface area contributed by atoms with E-state index in [-0.39, 0.29) is 12.0 Å². The summed E-state index contributed by atoms with van der Waals surface area (Å²) in [4.78, 5) is 17.5. The summed E-state index contributed by atoms with van der Waals surface area (Å²) in [6.45, 7) is 1.28. The Hall–Kier alpha value is -1.68. The summed E-state index contributed by atoms with van der Waals surface area (Å²) in [6, 6.07) is 3.70. The van der Waals surface area contributed by atoms with Gasteiger partial charge in [0, 0.05) is 31.6 Å². The van der Waals surface area contributed by atoms with Crippen molar-refractivity contribution >= 4 is 12.0 Å². The number of hydrogen-bond donors (Lipinski definition) is 1. The summed E-state index contributed by atoms with van der Waals surface area (Å²) in [6.07, 6.45) is 7.86. The third kappa shape index (κ3) is 3.39. The Balaban J connectivity index is 1.91. The quantitative estimate of drug-likeness (QED) is 0.776. The molecule has 1 aromatic heterocycles. The maximum Gasteiger partial charge on any atom is 0.246 e. The summed E-state index contributed by atoms with van der Waals surface area (Å²) in [7, 11) is 0. The van der Waals surface area contributed by atoms with E-state index in [0.29, 0.717) is 25.9 Å². The monoisotopic (exact) mass is 232 g/mol. The molecule has 2 heterocycles. The fraction of sp³-hybridized carbons (Fsp3) is 0.385. The lowest BCUT2D eigenvalue weighted by Crippen LogP contribution is -2.39. The largest absolute Gasteiger partial charge is 0.393 e. The fourth-order valence-corrected chi connectivity index (χ4v) is 1.83. The van der Waals surface area contributed by atoms with Crippen LogP contribution < -0.4 is 0 Å². The van der Waals surface area contributed by atoms with Crippen LogP contribution in [0.4, 0.5) is 0 Å². The van der Waals surface area contributed by atoms with Gasteiger partial charge in [0.15, 0.2) is 0 Å². The highest BCUT2D eigenvalue weighted by atomic mass is 16.3. The first-order valence-electron chi connectivity index (χ1n) is 5.81. The summed E-state index contributed by atoms with van der Waals surface area (Å²) >= 11 is 0. The minimum atomic E-state index is -0.247. The molecule has 0 bridgehead atoms. The fourth-order valence-electron chi connectivity index (χ4n) is 1.83. The van der Waals surface area contributed by atoms with Crippen molar-refractivity contribution in [2.24, 2.45) is 0 Å². The highest BCUT2D eigenvalue weighted by Gasteiger charge is 2.19. The van der Waals surface area contributed by atoms with E-state index in [9.17, 15) is 9.90 Å². The number of aromatic nitrogens is 1. The molecule has 1 aliphatic heterocycles. The van der Waals surface area contributed by atoms with Gasteiger partial charge >= 0.3 is 0 Å². The van der Waals surface area contributed by atoms with Gasteiger partial charge in [-0.25, -0.2) is 0 Å². The number of rotatable bonds is 2. The van der Waals surface area contributed by atoms with Crippen LogP contribution in [-0.2, 0) is 4.79 Å². The minimum absolute atomic E-state index is 0.00807. The van der Waals surface area contributed by atoms with Crippen molar-refractivity contribution in [2.45, 2.75) is 18.9 Å². The minimum Gasteiger partial charge on any atom is -0.393 e. The maximum atomic E-state index is 11.8. The smallest absolute Gasteiger partial charge is 0.246 e. The van der Waals surface area contributed by atoms with Crippen LogP contribution in [0.15, 0.2) is 30.6 Å². The van der Waals surface area contributed by atoms with Crippen molar-refractivity contribution < 1.29 is 9.90 Å². The first-order chi connectivity index (χ1) is 8.25. The number of aliphatic hydroxyl groups excluding tert-OH is 1. The van der Waals surface area contributed by atoms with Gasteiger partial charge in [-0.2, -0.15) is 0 Å². The van der Waals surface area contributed by atoms with Gasteiger partial charge < -0.3 is 10.0 Å². The Bertz CT molecular complexity index is 395. The average Bonchev–Trinajstić information content (AvgIpc) is 2.38. The molecule has 0 saturated carbocycles. The number of amides is 1. The van der Waals surface area contributed by atoms with Crippen LogP contribution in [0, 0.1) is 0 Å². The molecule has 1 saturated heterocycles. The van der Waals surface area contributed by atoms with Gasteiger partial charge in [0.2, 0.25) is 5.91 Å². The predicted octanol–water partition coefficient (Wildman–Crippen LogP) is 1.08.